The molecule has 1 rings (SSSR count). The van der Waals surface area contributed by atoms with Crippen LogP contribution in [0.1, 0.15) is 73.6 Å². The van der Waals surface area contributed by atoms with E-state index >= 15 is 0 Å². The number of amides is 1. The van der Waals surface area contributed by atoms with Crippen LogP contribution >= 0.6 is 0 Å². The van der Waals surface area contributed by atoms with Gasteiger partial charge < -0.3 is 15.0 Å². The largest absolute Gasteiger partial charge is 0.444 e. The maximum Gasteiger partial charge on any atom is 0.410 e. The molecule has 4 heteroatoms. The van der Waals surface area contributed by atoms with Crippen molar-refractivity contribution in [2.75, 3.05) is 19.6 Å². The lowest BCUT2D eigenvalue weighted by Crippen LogP contribution is -2.41. The van der Waals surface area contributed by atoms with Crippen molar-refractivity contribution >= 4 is 6.09 Å². The van der Waals surface area contributed by atoms with Gasteiger partial charge in [0.15, 0.2) is 0 Å². The molecule has 1 fully saturated rings. The molecule has 0 radical (unpaired) electrons. The summed E-state index contributed by atoms with van der Waals surface area (Å²) in [6, 6.07) is 0.521. The van der Waals surface area contributed by atoms with Crippen molar-refractivity contribution in [3.05, 3.63) is 0 Å². The van der Waals surface area contributed by atoms with E-state index in [-0.39, 0.29) is 6.09 Å². The van der Waals surface area contributed by atoms with Gasteiger partial charge in [0.2, 0.25) is 0 Å². The zero-order valence-electron chi connectivity index (χ0n) is 16.2. The van der Waals surface area contributed by atoms with Crippen LogP contribution in [0.4, 0.5) is 4.79 Å². The van der Waals surface area contributed by atoms with Crippen LogP contribution in [0, 0.1) is 11.8 Å². The van der Waals surface area contributed by atoms with Gasteiger partial charge in [-0.1, -0.05) is 33.6 Å². The highest BCUT2D eigenvalue weighted by Gasteiger charge is 2.34. The predicted molar refractivity (Wildman–Crippen MR) is 96.7 cm³/mol. The lowest BCUT2D eigenvalue weighted by atomic mass is 9.87. The third-order valence-corrected chi connectivity index (χ3v) is 4.84. The summed E-state index contributed by atoms with van der Waals surface area (Å²) >= 11 is 0. The van der Waals surface area contributed by atoms with Crippen LogP contribution in [0.5, 0.6) is 0 Å². The molecule has 1 aliphatic heterocycles. The van der Waals surface area contributed by atoms with Crippen molar-refractivity contribution in [3.63, 3.8) is 0 Å². The molecule has 0 spiro atoms. The summed E-state index contributed by atoms with van der Waals surface area (Å²) in [5.41, 5.74) is -0.412. The Balaban J connectivity index is 2.61. The minimum Gasteiger partial charge on any atom is -0.444 e. The molecule has 23 heavy (non-hydrogen) atoms. The van der Waals surface area contributed by atoms with Crippen LogP contribution in [0.2, 0.25) is 0 Å². The summed E-state index contributed by atoms with van der Waals surface area (Å²) in [6.07, 6.45) is 5.78. The number of ether oxygens (including phenoxy) is 1. The molecule has 0 aromatic carbocycles. The SMILES string of the molecule is CCCNC(CC(CC)CC)C1CCN(C(=O)OC(C)(C)C)C1. The molecular weight excluding hydrogens is 288 g/mol. The number of hydrogen-bond donors (Lipinski definition) is 1. The van der Waals surface area contributed by atoms with Crippen LogP contribution in [0.3, 0.4) is 0 Å². The average molecular weight is 327 g/mol. The zero-order valence-corrected chi connectivity index (χ0v) is 16.2. The van der Waals surface area contributed by atoms with Gasteiger partial charge >= 0.3 is 6.09 Å². The monoisotopic (exact) mass is 326 g/mol. The number of nitrogens with zero attached hydrogens (tertiary/aromatic N) is 1. The van der Waals surface area contributed by atoms with Gasteiger partial charge in [-0.05, 0) is 58.4 Å². The molecule has 1 aliphatic rings. The number of carbonyl (C=O) groups excluding carboxylic acids is 1. The number of rotatable bonds is 8. The van der Waals surface area contributed by atoms with Crippen molar-refractivity contribution in [2.45, 2.75) is 85.3 Å². The normalized spacial score (nSPS) is 20.1. The zero-order chi connectivity index (χ0) is 17.5. The van der Waals surface area contributed by atoms with Crippen molar-refractivity contribution in [3.8, 4) is 0 Å². The fourth-order valence-corrected chi connectivity index (χ4v) is 3.36. The van der Waals surface area contributed by atoms with E-state index in [2.05, 4.69) is 26.1 Å². The smallest absolute Gasteiger partial charge is 0.410 e. The molecule has 1 heterocycles. The third kappa shape index (κ3) is 7.11. The van der Waals surface area contributed by atoms with Crippen molar-refractivity contribution in [2.24, 2.45) is 11.8 Å². The summed E-state index contributed by atoms with van der Waals surface area (Å²) in [4.78, 5) is 14.2. The molecular formula is C19H38N2O2. The fourth-order valence-electron chi connectivity index (χ4n) is 3.36. The first-order chi connectivity index (χ1) is 10.8. The predicted octanol–water partition coefficient (Wildman–Crippen LogP) is 4.44. The Hall–Kier alpha value is -0.770. The molecule has 1 N–H and O–H groups in total. The minimum absolute atomic E-state index is 0.156. The molecule has 0 bridgehead atoms. The van der Waals surface area contributed by atoms with Gasteiger partial charge in [-0.2, -0.15) is 0 Å². The maximum absolute atomic E-state index is 12.3. The maximum atomic E-state index is 12.3. The van der Waals surface area contributed by atoms with Crippen LogP contribution in [0.25, 0.3) is 0 Å². The Kier molecular flexibility index (Phi) is 8.38. The molecule has 136 valence electrons. The lowest BCUT2D eigenvalue weighted by molar-refractivity contribution is 0.0284. The highest BCUT2D eigenvalue weighted by Crippen LogP contribution is 2.27. The Labute approximate surface area is 143 Å². The van der Waals surface area contributed by atoms with Crippen LogP contribution in [0.15, 0.2) is 0 Å². The first-order valence-corrected chi connectivity index (χ1v) is 9.51. The van der Waals surface area contributed by atoms with E-state index in [9.17, 15) is 4.79 Å². The van der Waals surface area contributed by atoms with Crippen molar-refractivity contribution in [1.29, 1.82) is 0 Å². The molecule has 0 saturated carbocycles. The summed E-state index contributed by atoms with van der Waals surface area (Å²) < 4.78 is 5.52. The summed E-state index contributed by atoms with van der Waals surface area (Å²) in [6.45, 7) is 15.3. The highest BCUT2D eigenvalue weighted by molar-refractivity contribution is 5.68. The van der Waals surface area contributed by atoms with Crippen molar-refractivity contribution in [1.82, 2.24) is 10.2 Å². The van der Waals surface area contributed by atoms with E-state index < -0.39 is 5.60 Å². The highest BCUT2D eigenvalue weighted by atomic mass is 16.6. The minimum atomic E-state index is -0.412. The quantitative estimate of drug-likeness (QED) is 0.717. The summed E-state index contributed by atoms with van der Waals surface area (Å²) in [5.74, 6) is 1.33. The van der Waals surface area contributed by atoms with Gasteiger partial charge in [0.1, 0.15) is 5.60 Å². The van der Waals surface area contributed by atoms with Crippen molar-refractivity contribution < 1.29 is 9.53 Å². The second-order valence-electron chi connectivity index (χ2n) is 7.95. The molecule has 2 atom stereocenters. The molecule has 4 nitrogen and oxygen atoms in total. The number of likely N-dealkylation sites (tertiary alicyclic amines) is 1. The molecule has 0 aliphatic carbocycles. The van der Waals surface area contributed by atoms with Gasteiger partial charge in [-0.25, -0.2) is 4.79 Å². The second-order valence-corrected chi connectivity index (χ2v) is 7.95. The molecule has 1 saturated heterocycles. The Morgan fingerprint density at radius 1 is 1.26 bits per heavy atom. The van der Waals surface area contributed by atoms with E-state index in [0.717, 1.165) is 38.4 Å². The standard InChI is InChI=1S/C19H38N2O2/c1-7-11-20-17(13-15(8-2)9-3)16-10-12-21(14-16)18(22)23-19(4,5)6/h15-17,20H,7-14H2,1-6H3. The number of nitrogens with one attached hydrogen (secondary N) is 1. The molecule has 0 aromatic heterocycles. The summed E-state index contributed by atoms with van der Waals surface area (Å²) in [5, 5.41) is 3.74. The van der Waals surface area contributed by atoms with Gasteiger partial charge in [-0.15, -0.1) is 0 Å². The summed E-state index contributed by atoms with van der Waals surface area (Å²) in [7, 11) is 0. The Bertz CT molecular complexity index is 348. The third-order valence-electron chi connectivity index (χ3n) is 4.84. The number of hydrogen-bond acceptors (Lipinski definition) is 3. The first kappa shape index (κ1) is 20.3. The first-order valence-electron chi connectivity index (χ1n) is 9.51. The van der Waals surface area contributed by atoms with E-state index in [4.69, 9.17) is 4.74 Å². The topological polar surface area (TPSA) is 41.6 Å². The fraction of sp³-hybridized carbons (Fsp3) is 0.947. The Morgan fingerprint density at radius 3 is 2.43 bits per heavy atom. The molecule has 1 amide bonds. The van der Waals surface area contributed by atoms with Gasteiger partial charge in [0, 0.05) is 19.1 Å². The number of carbonyl (C=O) groups is 1. The van der Waals surface area contributed by atoms with E-state index in [1.54, 1.807) is 0 Å². The lowest BCUT2D eigenvalue weighted by Gasteiger charge is -2.29. The van der Waals surface area contributed by atoms with Gasteiger partial charge in [0.25, 0.3) is 0 Å². The van der Waals surface area contributed by atoms with Crippen LogP contribution in [-0.2, 0) is 4.74 Å². The van der Waals surface area contributed by atoms with E-state index in [0.29, 0.717) is 12.0 Å². The van der Waals surface area contributed by atoms with E-state index in [1.807, 2.05) is 25.7 Å². The van der Waals surface area contributed by atoms with E-state index in [1.165, 1.54) is 19.3 Å². The second kappa shape index (κ2) is 9.51. The molecule has 2 unspecified atom stereocenters. The van der Waals surface area contributed by atoms with Crippen LogP contribution in [-0.4, -0.2) is 42.3 Å². The molecule has 0 aromatic rings. The van der Waals surface area contributed by atoms with Crippen LogP contribution < -0.4 is 5.32 Å². The van der Waals surface area contributed by atoms with Gasteiger partial charge in [-0.3, -0.25) is 0 Å². The Morgan fingerprint density at radius 2 is 1.91 bits per heavy atom. The average Bonchev–Trinajstić information content (AvgIpc) is 2.96. The van der Waals surface area contributed by atoms with Gasteiger partial charge in [0.05, 0.1) is 0 Å².